The fourth-order valence-electron chi connectivity index (χ4n) is 2.07. The standard InChI is InChI=1S/C16H10F2N2O2S/c17-10-5-3-6-11(18)14(10)15(21)20-16(22)19-13-8-9-4-1-2-7-12(9)23-13/h1-8H,(H2,19,20,21,22). The lowest BCUT2D eigenvalue weighted by molar-refractivity contribution is 0.0959. The van der Waals surface area contributed by atoms with E-state index in [1.54, 1.807) is 6.07 Å². The minimum absolute atomic E-state index is 0.519. The van der Waals surface area contributed by atoms with Gasteiger partial charge in [0.25, 0.3) is 5.91 Å². The Balaban J connectivity index is 1.73. The minimum atomic E-state index is -1.14. The molecular formula is C16H10F2N2O2S. The summed E-state index contributed by atoms with van der Waals surface area (Å²) in [6, 6.07) is 11.4. The topological polar surface area (TPSA) is 58.2 Å². The second-order valence-electron chi connectivity index (χ2n) is 4.65. The Labute approximate surface area is 133 Å². The van der Waals surface area contributed by atoms with Gasteiger partial charge in [0.05, 0.1) is 5.00 Å². The molecule has 3 rings (SSSR count). The zero-order chi connectivity index (χ0) is 16.4. The van der Waals surface area contributed by atoms with Crippen LogP contribution >= 0.6 is 11.3 Å². The van der Waals surface area contributed by atoms with Gasteiger partial charge < -0.3 is 0 Å². The second-order valence-corrected chi connectivity index (χ2v) is 5.74. The molecule has 4 nitrogen and oxygen atoms in total. The third kappa shape index (κ3) is 3.19. The van der Waals surface area contributed by atoms with Crippen molar-refractivity contribution in [1.29, 1.82) is 0 Å². The molecule has 3 amide bonds. The number of nitrogens with one attached hydrogen (secondary N) is 2. The van der Waals surface area contributed by atoms with Gasteiger partial charge in [0, 0.05) is 4.70 Å². The maximum Gasteiger partial charge on any atom is 0.326 e. The molecule has 116 valence electrons. The van der Waals surface area contributed by atoms with Gasteiger partial charge in [0.1, 0.15) is 17.2 Å². The summed E-state index contributed by atoms with van der Waals surface area (Å²) >= 11 is 1.32. The number of hydrogen-bond acceptors (Lipinski definition) is 3. The first-order valence-corrected chi connectivity index (χ1v) is 7.41. The van der Waals surface area contributed by atoms with E-state index in [2.05, 4.69) is 5.32 Å². The Morgan fingerprint density at radius 2 is 1.65 bits per heavy atom. The lowest BCUT2D eigenvalue weighted by atomic mass is 10.2. The number of amides is 3. The third-order valence-corrected chi connectivity index (χ3v) is 4.11. The minimum Gasteiger partial charge on any atom is -0.299 e. The molecule has 1 heterocycles. The molecule has 1 aromatic heterocycles. The highest BCUT2D eigenvalue weighted by Crippen LogP contribution is 2.29. The summed E-state index contributed by atoms with van der Waals surface area (Å²) < 4.78 is 27.9. The van der Waals surface area contributed by atoms with Crippen molar-refractivity contribution in [3.8, 4) is 0 Å². The van der Waals surface area contributed by atoms with Crippen molar-refractivity contribution < 1.29 is 18.4 Å². The van der Waals surface area contributed by atoms with Crippen molar-refractivity contribution in [2.45, 2.75) is 0 Å². The van der Waals surface area contributed by atoms with Crippen molar-refractivity contribution >= 4 is 38.4 Å². The summed E-state index contributed by atoms with van der Waals surface area (Å²) in [4.78, 5) is 23.6. The highest BCUT2D eigenvalue weighted by atomic mass is 32.1. The van der Waals surface area contributed by atoms with Crippen LogP contribution in [0, 0.1) is 11.6 Å². The first-order valence-electron chi connectivity index (χ1n) is 6.59. The fourth-order valence-corrected chi connectivity index (χ4v) is 3.02. The normalized spacial score (nSPS) is 10.5. The van der Waals surface area contributed by atoms with Crippen LogP contribution in [0.15, 0.2) is 48.5 Å². The number of hydrogen-bond donors (Lipinski definition) is 2. The van der Waals surface area contributed by atoms with Crippen molar-refractivity contribution in [3.63, 3.8) is 0 Å². The molecule has 0 bridgehead atoms. The Morgan fingerprint density at radius 1 is 0.957 bits per heavy atom. The average Bonchev–Trinajstić information content (AvgIpc) is 2.88. The first-order chi connectivity index (χ1) is 11.0. The first kappa shape index (κ1) is 15.1. The summed E-state index contributed by atoms with van der Waals surface area (Å²) in [5.41, 5.74) is -0.793. The quantitative estimate of drug-likeness (QED) is 0.741. The molecule has 2 N–H and O–H groups in total. The number of anilines is 1. The predicted octanol–water partition coefficient (Wildman–Crippen LogP) is 4.14. The van der Waals surface area contributed by atoms with Gasteiger partial charge in [0.15, 0.2) is 0 Å². The van der Waals surface area contributed by atoms with E-state index >= 15 is 0 Å². The van der Waals surface area contributed by atoms with Gasteiger partial charge in [-0.15, -0.1) is 11.3 Å². The molecule has 0 aliphatic rings. The molecule has 0 saturated heterocycles. The summed E-state index contributed by atoms with van der Waals surface area (Å²) in [7, 11) is 0. The van der Waals surface area contributed by atoms with E-state index in [4.69, 9.17) is 0 Å². The van der Waals surface area contributed by atoms with E-state index in [1.807, 2.05) is 29.6 Å². The molecule has 0 saturated carbocycles. The lowest BCUT2D eigenvalue weighted by Gasteiger charge is -2.06. The summed E-state index contributed by atoms with van der Waals surface area (Å²) in [6.45, 7) is 0. The van der Waals surface area contributed by atoms with Gasteiger partial charge in [-0.05, 0) is 29.7 Å². The Hall–Kier alpha value is -2.80. The van der Waals surface area contributed by atoms with Gasteiger partial charge >= 0.3 is 6.03 Å². The third-order valence-electron chi connectivity index (χ3n) is 3.08. The SMILES string of the molecule is O=C(NC(=O)c1c(F)cccc1F)Nc1cc2ccccc2s1. The molecule has 0 aliphatic carbocycles. The average molecular weight is 332 g/mol. The smallest absolute Gasteiger partial charge is 0.299 e. The molecule has 0 atom stereocenters. The molecule has 0 spiro atoms. The number of fused-ring (bicyclic) bond motifs is 1. The summed E-state index contributed by atoms with van der Waals surface area (Å²) in [6.07, 6.45) is 0. The molecular weight excluding hydrogens is 322 g/mol. The van der Waals surface area contributed by atoms with Crippen LogP contribution in [-0.2, 0) is 0 Å². The van der Waals surface area contributed by atoms with Gasteiger partial charge in [0.2, 0.25) is 0 Å². The van der Waals surface area contributed by atoms with Gasteiger partial charge in [-0.3, -0.25) is 15.4 Å². The number of carbonyl (C=O) groups is 2. The van der Waals surface area contributed by atoms with Crippen LogP contribution in [-0.4, -0.2) is 11.9 Å². The van der Waals surface area contributed by atoms with Crippen LogP contribution in [0.1, 0.15) is 10.4 Å². The molecule has 7 heteroatoms. The summed E-state index contributed by atoms with van der Waals surface area (Å²) in [5, 5.41) is 5.84. The van der Waals surface area contributed by atoms with Crippen LogP contribution in [0.4, 0.5) is 18.6 Å². The maximum atomic E-state index is 13.5. The van der Waals surface area contributed by atoms with Crippen LogP contribution in [0.25, 0.3) is 10.1 Å². The highest BCUT2D eigenvalue weighted by Gasteiger charge is 2.19. The molecule has 0 aliphatic heterocycles. The maximum absolute atomic E-state index is 13.5. The van der Waals surface area contributed by atoms with Crippen LogP contribution in [0.5, 0.6) is 0 Å². The molecule has 0 fully saturated rings. The van der Waals surface area contributed by atoms with E-state index in [1.165, 1.54) is 11.3 Å². The number of rotatable bonds is 2. The van der Waals surface area contributed by atoms with Crippen LogP contribution in [0.3, 0.4) is 0 Å². The molecule has 3 aromatic rings. The molecule has 0 unspecified atom stereocenters. The van der Waals surface area contributed by atoms with Crippen LogP contribution in [0.2, 0.25) is 0 Å². The van der Waals surface area contributed by atoms with Crippen molar-refractivity contribution in [3.05, 3.63) is 65.7 Å². The number of urea groups is 1. The van der Waals surface area contributed by atoms with Crippen molar-refractivity contribution in [2.24, 2.45) is 0 Å². The number of carbonyl (C=O) groups excluding carboxylic acids is 2. The van der Waals surface area contributed by atoms with E-state index < -0.39 is 29.1 Å². The lowest BCUT2D eigenvalue weighted by Crippen LogP contribution is -2.35. The van der Waals surface area contributed by atoms with E-state index in [0.29, 0.717) is 5.00 Å². The Morgan fingerprint density at radius 3 is 2.35 bits per heavy atom. The van der Waals surface area contributed by atoms with Gasteiger partial charge in [-0.25, -0.2) is 13.6 Å². The molecule has 23 heavy (non-hydrogen) atoms. The highest BCUT2D eigenvalue weighted by molar-refractivity contribution is 7.22. The van der Waals surface area contributed by atoms with Gasteiger partial charge in [-0.2, -0.15) is 0 Å². The number of benzene rings is 2. The Kier molecular flexibility index (Phi) is 4.03. The zero-order valence-electron chi connectivity index (χ0n) is 11.6. The number of halogens is 2. The largest absolute Gasteiger partial charge is 0.326 e. The summed E-state index contributed by atoms with van der Waals surface area (Å²) in [5.74, 6) is -3.20. The second kappa shape index (κ2) is 6.13. The predicted molar refractivity (Wildman–Crippen MR) is 84.7 cm³/mol. The van der Waals surface area contributed by atoms with E-state index in [9.17, 15) is 18.4 Å². The van der Waals surface area contributed by atoms with Crippen molar-refractivity contribution in [2.75, 3.05) is 5.32 Å². The molecule has 0 radical (unpaired) electrons. The van der Waals surface area contributed by atoms with Crippen molar-refractivity contribution in [1.82, 2.24) is 5.32 Å². The van der Waals surface area contributed by atoms with E-state index in [0.717, 1.165) is 28.3 Å². The Bertz CT molecular complexity index is 855. The zero-order valence-corrected chi connectivity index (χ0v) is 12.4. The number of imide groups is 1. The van der Waals surface area contributed by atoms with Crippen LogP contribution < -0.4 is 10.6 Å². The van der Waals surface area contributed by atoms with Gasteiger partial charge in [-0.1, -0.05) is 24.3 Å². The fraction of sp³-hybridized carbons (Fsp3) is 0. The molecule has 2 aromatic carbocycles. The van der Waals surface area contributed by atoms with E-state index in [-0.39, 0.29) is 0 Å². The monoisotopic (exact) mass is 332 g/mol. The number of thiophene rings is 1.